The number of nitrogens with zero attached hydrogens (tertiary/aromatic N) is 1. The predicted octanol–water partition coefficient (Wildman–Crippen LogP) is 3.52. The highest BCUT2D eigenvalue weighted by atomic mass is 16.3. The van der Waals surface area contributed by atoms with Crippen molar-refractivity contribution in [1.29, 1.82) is 0 Å². The summed E-state index contributed by atoms with van der Waals surface area (Å²) in [5.41, 5.74) is 1.43. The number of rotatable bonds is 3. The lowest BCUT2D eigenvalue weighted by Gasteiger charge is -2.35. The van der Waals surface area contributed by atoms with Gasteiger partial charge >= 0.3 is 6.03 Å². The first-order valence-corrected chi connectivity index (χ1v) is 9.42. The summed E-state index contributed by atoms with van der Waals surface area (Å²) in [6, 6.07) is 11.1. The van der Waals surface area contributed by atoms with Crippen molar-refractivity contribution < 1.29 is 9.90 Å². The first-order valence-electron chi connectivity index (χ1n) is 9.42. The van der Waals surface area contributed by atoms with Crippen LogP contribution in [0.3, 0.4) is 0 Å². The smallest absolute Gasteiger partial charge is 0.317 e. The Morgan fingerprint density at radius 2 is 1.71 bits per heavy atom. The zero-order valence-corrected chi connectivity index (χ0v) is 14.7. The van der Waals surface area contributed by atoms with Crippen LogP contribution in [0.25, 0.3) is 0 Å². The minimum Gasteiger partial charge on any atom is -0.393 e. The Hall–Kier alpha value is -1.55. The summed E-state index contributed by atoms with van der Waals surface area (Å²) in [4.78, 5) is 14.4. The van der Waals surface area contributed by atoms with Crippen LogP contribution in [-0.2, 0) is 0 Å². The summed E-state index contributed by atoms with van der Waals surface area (Å²) in [6.07, 6.45) is 5.99. The normalized spacial score (nSPS) is 26.8. The van der Waals surface area contributed by atoms with Crippen molar-refractivity contribution in [2.75, 3.05) is 13.1 Å². The first kappa shape index (κ1) is 17.3. The molecule has 1 aromatic carbocycles. The van der Waals surface area contributed by atoms with E-state index in [1.807, 2.05) is 11.8 Å². The number of benzene rings is 1. The number of nitrogens with one attached hydrogen (secondary N) is 1. The average Bonchev–Trinajstić information content (AvgIpc) is 2.63. The molecular formula is C20H30N2O2. The van der Waals surface area contributed by atoms with Crippen molar-refractivity contribution in [2.24, 2.45) is 5.92 Å². The molecule has 3 rings (SSSR count). The molecule has 2 amide bonds. The van der Waals surface area contributed by atoms with Gasteiger partial charge in [-0.2, -0.15) is 0 Å². The molecule has 4 nitrogen and oxygen atoms in total. The Balaban J connectivity index is 1.42. The van der Waals surface area contributed by atoms with Gasteiger partial charge in [0.15, 0.2) is 0 Å². The van der Waals surface area contributed by atoms with Crippen LogP contribution in [-0.4, -0.2) is 41.3 Å². The molecule has 1 saturated heterocycles. The maximum Gasteiger partial charge on any atom is 0.317 e. The van der Waals surface area contributed by atoms with Crippen molar-refractivity contribution >= 4 is 6.03 Å². The number of likely N-dealkylation sites (tertiary alicyclic amines) is 1. The molecule has 1 atom stereocenters. The van der Waals surface area contributed by atoms with E-state index in [0.29, 0.717) is 17.9 Å². The molecule has 0 aromatic heterocycles. The van der Waals surface area contributed by atoms with E-state index in [4.69, 9.17) is 0 Å². The molecule has 0 spiro atoms. The molecule has 2 aliphatic rings. The third-order valence-electron chi connectivity index (χ3n) is 5.83. The summed E-state index contributed by atoms with van der Waals surface area (Å²) in [5, 5.41) is 12.9. The highest BCUT2D eigenvalue weighted by Crippen LogP contribution is 2.32. The standard InChI is InChI=1S/C20H30N2O2/c1-15(23)16-11-13-22(14-12-16)20(24)21-19-9-7-18(8-10-19)17-5-3-2-4-6-17/h2-6,15-16,18-19,23H,7-14H2,1H3,(H,21,24). The minimum absolute atomic E-state index is 0.0854. The van der Waals surface area contributed by atoms with Gasteiger partial charge in [-0.15, -0.1) is 0 Å². The average molecular weight is 330 g/mol. The van der Waals surface area contributed by atoms with Gasteiger partial charge in [0.1, 0.15) is 0 Å². The topological polar surface area (TPSA) is 52.6 Å². The fraction of sp³-hybridized carbons (Fsp3) is 0.650. The molecule has 2 N–H and O–H groups in total. The Labute approximate surface area is 145 Å². The third-order valence-corrected chi connectivity index (χ3v) is 5.83. The number of carbonyl (C=O) groups excluding carboxylic acids is 1. The maximum absolute atomic E-state index is 12.4. The van der Waals surface area contributed by atoms with Gasteiger partial charge in [0.05, 0.1) is 6.10 Å². The second kappa shape index (κ2) is 8.02. The largest absolute Gasteiger partial charge is 0.393 e. The number of urea groups is 1. The van der Waals surface area contributed by atoms with Crippen LogP contribution in [0.1, 0.15) is 56.9 Å². The lowest BCUT2D eigenvalue weighted by atomic mass is 9.82. The molecule has 132 valence electrons. The van der Waals surface area contributed by atoms with Gasteiger partial charge in [0.25, 0.3) is 0 Å². The van der Waals surface area contributed by atoms with Crippen LogP contribution < -0.4 is 5.32 Å². The van der Waals surface area contributed by atoms with Crippen LogP contribution in [0.15, 0.2) is 30.3 Å². The summed E-state index contributed by atoms with van der Waals surface area (Å²) in [5.74, 6) is 0.983. The summed E-state index contributed by atoms with van der Waals surface area (Å²) in [7, 11) is 0. The minimum atomic E-state index is -0.261. The Morgan fingerprint density at radius 3 is 2.29 bits per heavy atom. The van der Waals surface area contributed by atoms with Gasteiger partial charge in [0.2, 0.25) is 0 Å². The molecule has 0 bridgehead atoms. The van der Waals surface area contributed by atoms with Crippen LogP contribution >= 0.6 is 0 Å². The highest BCUT2D eigenvalue weighted by Gasteiger charge is 2.28. The maximum atomic E-state index is 12.4. The predicted molar refractivity (Wildman–Crippen MR) is 95.9 cm³/mol. The number of amides is 2. The second-order valence-electron chi connectivity index (χ2n) is 7.47. The van der Waals surface area contributed by atoms with Crippen LogP contribution in [0.4, 0.5) is 4.79 Å². The number of aliphatic hydroxyl groups is 1. The monoisotopic (exact) mass is 330 g/mol. The zero-order valence-electron chi connectivity index (χ0n) is 14.7. The lowest BCUT2D eigenvalue weighted by Crippen LogP contribution is -2.49. The molecule has 2 fully saturated rings. The quantitative estimate of drug-likeness (QED) is 0.891. The van der Waals surface area contributed by atoms with Crippen molar-refractivity contribution in [3.63, 3.8) is 0 Å². The van der Waals surface area contributed by atoms with Gasteiger partial charge in [0, 0.05) is 19.1 Å². The molecule has 0 radical (unpaired) electrons. The number of hydrogen-bond donors (Lipinski definition) is 2. The molecule has 1 heterocycles. The van der Waals surface area contributed by atoms with Crippen LogP contribution in [0.2, 0.25) is 0 Å². The molecular weight excluding hydrogens is 300 g/mol. The molecule has 24 heavy (non-hydrogen) atoms. The summed E-state index contributed by atoms with van der Waals surface area (Å²) >= 11 is 0. The lowest BCUT2D eigenvalue weighted by molar-refractivity contribution is 0.0789. The van der Waals surface area contributed by atoms with Crippen LogP contribution in [0, 0.1) is 5.92 Å². The molecule has 1 saturated carbocycles. The fourth-order valence-corrected chi connectivity index (χ4v) is 4.15. The Kier molecular flexibility index (Phi) is 5.77. The first-order chi connectivity index (χ1) is 11.6. The van der Waals surface area contributed by atoms with Crippen molar-refractivity contribution in [2.45, 2.75) is 63.5 Å². The van der Waals surface area contributed by atoms with E-state index in [2.05, 4.69) is 35.6 Å². The second-order valence-corrected chi connectivity index (χ2v) is 7.47. The van der Waals surface area contributed by atoms with E-state index >= 15 is 0 Å². The van der Waals surface area contributed by atoms with E-state index < -0.39 is 0 Å². The van der Waals surface area contributed by atoms with E-state index in [9.17, 15) is 9.90 Å². The number of carbonyl (C=O) groups is 1. The molecule has 1 aromatic rings. The van der Waals surface area contributed by atoms with Crippen LogP contribution in [0.5, 0.6) is 0 Å². The van der Waals surface area contributed by atoms with Gasteiger partial charge in [-0.25, -0.2) is 4.79 Å². The molecule has 1 unspecified atom stereocenters. The van der Waals surface area contributed by atoms with E-state index in [1.165, 1.54) is 5.56 Å². The SMILES string of the molecule is CC(O)C1CCN(C(=O)NC2CCC(c3ccccc3)CC2)CC1. The van der Waals surface area contributed by atoms with Gasteiger partial charge in [-0.05, 0) is 62.8 Å². The Morgan fingerprint density at radius 1 is 1.08 bits per heavy atom. The van der Waals surface area contributed by atoms with E-state index in [1.54, 1.807) is 0 Å². The summed E-state index contributed by atoms with van der Waals surface area (Å²) in [6.45, 7) is 3.38. The van der Waals surface area contributed by atoms with Gasteiger partial charge in [-0.3, -0.25) is 0 Å². The van der Waals surface area contributed by atoms with Crippen molar-refractivity contribution in [3.05, 3.63) is 35.9 Å². The van der Waals surface area contributed by atoms with Gasteiger partial charge < -0.3 is 15.3 Å². The number of piperidine rings is 1. The molecule has 1 aliphatic heterocycles. The highest BCUT2D eigenvalue weighted by molar-refractivity contribution is 5.74. The number of hydrogen-bond acceptors (Lipinski definition) is 2. The molecule has 1 aliphatic carbocycles. The van der Waals surface area contributed by atoms with Crippen molar-refractivity contribution in [3.8, 4) is 0 Å². The Bertz CT molecular complexity index is 516. The zero-order chi connectivity index (χ0) is 16.9. The molecule has 4 heteroatoms. The van der Waals surface area contributed by atoms with Crippen molar-refractivity contribution in [1.82, 2.24) is 10.2 Å². The summed E-state index contributed by atoms with van der Waals surface area (Å²) < 4.78 is 0. The van der Waals surface area contributed by atoms with E-state index in [0.717, 1.165) is 51.6 Å². The van der Waals surface area contributed by atoms with E-state index in [-0.39, 0.29) is 12.1 Å². The number of aliphatic hydroxyl groups excluding tert-OH is 1. The fourth-order valence-electron chi connectivity index (χ4n) is 4.15. The van der Waals surface area contributed by atoms with Gasteiger partial charge in [-0.1, -0.05) is 30.3 Å². The third kappa shape index (κ3) is 4.29.